The number of nitrogens with zero attached hydrogens (tertiary/aromatic N) is 1. The first-order valence-electron chi connectivity index (χ1n) is 9.88. The summed E-state index contributed by atoms with van der Waals surface area (Å²) in [5.74, 6) is 2.15. The van der Waals surface area contributed by atoms with Crippen LogP contribution in [0.5, 0.6) is 11.5 Å². The lowest BCUT2D eigenvalue weighted by Crippen LogP contribution is -2.41. The molecule has 148 valence electrons. The van der Waals surface area contributed by atoms with Gasteiger partial charge < -0.3 is 14.4 Å². The van der Waals surface area contributed by atoms with Crippen LogP contribution in [0.15, 0.2) is 60.7 Å². The number of hydrogen-bond acceptors (Lipinski definition) is 3. The van der Waals surface area contributed by atoms with E-state index in [-0.39, 0.29) is 6.09 Å². The number of rotatable bonds is 4. The molecule has 1 heterocycles. The molecule has 1 aliphatic rings. The third kappa shape index (κ3) is 6.15. The summed E-state index contributed by atoms with van der Waals surface area (Å²) < 4.78 is 11.3. The maximum Gasteiger partial charge on any atom is 0.410 e. The number of carbonyl (C=O) groups excluding carboxylic acids is 1. The number of hydrogen-bond donors (Lipinski definition) is 0. The molecule has 1 fully saturated rings. The van der Waals surface area contributed by atoms with Crippen molar-refractivity contribution in [3.05, 3.63) is 66.2 Å². The monoisotopic (exact) mass is 379 g/mol. The van der Waals surface area contributed by atoms with E-state index in [1.807, 2.05) is 68.1 Å². The molecule has 1 amide bonds. The molecule has 28 heavy (non-hydrogen) atoms. The van der Waals surface area contributed by atoms with Crippen LogP contribution in [0.1, 0.15) is 39.2 Å². The Labute approximate surface area is 167 Å². The fourth-order valence-corrected chi connectivity index (χ4v) is 3.12. The summed E-state index contributed by atoms with van der Waals surface area (Å²) in [6.07, 6.45) is 6.12. The molecule has 0 bridgehead atoms. The van der Waals surface area contributed by atoms with Crippen LogP contribution in [0, 0.1) is 5.92 Å². The van der Waals surface area contributed by atoms with Crippen molar-refractivity contribution in [1.82, 2.24) is 4.90 Å². The van der Waals surface area contributed by atoms with Crippen molar-refractivity contribution in [3.63, 3.8) is 0 Å². The van der Waals surface area contributed by atoms with E-state index >= 15 is 0 Å². The largest absolute Gasteiger partial charge is 0.457 e. The van der Waals surface area contributed by atoms with Gasteiger partial charge in [-0.1, -0.05) is 42.5 Å². The standard InChI is InChI=1S/C24H29NO3/c1-24(2,3)28-23(26)25-17-15-20(16-18-25)10-9-19-11-13-22(14-12-19)27-21-7-5-4-6-8-21/h4-14,20H,15-18H2,1-3H3. The Hall–Kier alpha value is -2.75. The van der Waals surface area contributed by atoms with Crippen LogP contribution in [0.2, 0.25) is 0 Å². The number of amides is 1. The second-order valence-electron chi connectivity index (χ2n) is 8.15. The van der Waals surface area contributed by atoms with Gasteiger partial charge in [0.05, 0.1) is 0 Å². The van der Waals surface area contributed by atoms with Crippen molar-refractivity contribution in [1.29, 1.82) is 0 Å². The fourth-order valence-electron chi connectivity index (χ4n) is 3.12. The first-order chi connectivity index (χ1) is 13.4. The van der Waals surface area contributed by atoms with Crippen molar-refractivity contribution in [2.75, 3.05) is 13.1 Å². The number of ether oxygens (including phenoxy) is 2. The van der Waals surface area contributed by atoms with Crippen molar-refractivity contribution in [2.45, 2.75) is 39.2 Å². The van der Waals surface area contributed by atoms with Gasteiger partial charge in [0.2, 0.25) is 0 Å². The minimum absolute atomic E-state index is 0.205. The minimum Gasteiger partial charge on any atom is -0.457 e. The van der Waals surface area contributed by atoms with E-state index in [1.165, 1.54) is 0 Å². The number of para-hydroxylation sites is 1. The second kappa shape index (κ2) is 8.96. The molecular formula is C24H29NO3. The number of carbonyl (C=O) groups is 1. The van der Waals surface area contributed by atoms with Gasteiger partial charge >= 0.3 is 6.09 Å². The highest BCUT2D eigenvalue weighted by molar-refractivity contribution is 5.68. The summed E-state index contributed by atoms with van der Waals surface area (Å²) in [6, 6.07) is 17.9. The summed E-state index contributed by atoms with van der Waals surface area (Å²) in [7, 11) is 0. The van der Waals surface area contributed by atoms with Gasteiger partial charge in [0.15, 0.2) is 0 Å². The summed E-state index contributed by atoms with van der Waals surface area (Å²) in [5, 5.41) is 0. The van der Waals surface area contributed by atoms with Crippen molar-refractivity contribution in [3.8, 4) is 11.5 Å². The molecule has 1 saturated heterocycles. The molecule has 0 atom stereocenters. The van der Waals surface area contributed by atoms with Gasteiger partial charge in [-0.25, -0.2) is 4.79 Å². The number of benzene rings is 2. The zero-order chi connectivity index (χ0) is 20.0. The van der Waals surface area contributed by atoms with E-state index in [4.69, 9.17) is 9.47 Å². The van der Waals surface area contributed by atoms with E-state index in [2.05, 4.69) is 24.3 Å². The van der Waals surface area contributed by atoms with Crippen LogP contribution in [0.4, 0.5) is 4.79 Å². The quantitative estimate of drug-likeness (QED) is 0.640. The van der Waals surface area contributed by atoms with Gasteiger partial charge in [-0.15, -0.1) is 0 Å². The van der Waals surface area contributed by atoms with Gasteiger partial charge in [0.1, 0.15) is 17.1 Å². The smallest absolute Gasteiger partial charge is 0.410 e. The van der Waals surface area contributed by atoms with Crippen molar-refractivity contribution >= 4 is 12.2 Å². The van der Waals surface area contributed by atoms with E-state index in [0.29, 0.717) is 5.92 Å². The zero-order valence-electron chi connectivity index (χ0n) is 16.9. The summed E-state index contributed by atoms with van der Waals surface area (Å²) in [4.78, 5) is 13.9. The van der Waals surface area contributed by atoms with Crippen molar-refractivity contribution in [2.24, 2.45) is 5.92 Å². The molecule has 0 spiro atoms. The summed E-state index contributed by atoms with van der Waals surface area (Å²) in [5.41, 5.74) is 0.708. The van der Waals surface area contributed by atoms with Gasteiger partial charge in [0.25, 0.3) is 0 Å². The summed E-state index contributed by atoms with van der Waals surface area (Å²) in [6.45, 7) is 7.19. The van der Waals surface area contributed by atoms with Crippen molar-refractivity contribution < 1.29 is 14.3 Å². The van der Waals surface area contributed by atoms with Crippen LogP contribution in [-0.4, -0.2) is 29.7 Å². The van der Waals surface area contributed by atoms with Crippen LogP contribution in [0.25, 0.3) is 6.08 Å². The van der Waals surface area contributed by atoms with Gasteiger partial charge in [-0.3, -0.25) is 0 Å². The maximum absolute atomic E-state index is 12.1. The number of likely N-dealkylation sites (tertiary alicyclic amines) is 1. The lowest BCUT2D eigenvalue weighted by Gasteiger charge is -2.32. The Morgan fingerprint density at radius 3 is 2.18 bits per heavy atom. The highest BCUT2D eigenvalue weighted by Crippen LogP contribution is 2.24. The predicted octanol–water partition coefficient (Wildman–Crippen LogP) is 6.14. The average Bonchev–Trinajstić information content (AvgIpc) is 2.67. The molecule has 0 aliphatic carbocycles. The molecule has 4 nitrogen and oxygen atoms in total. The van der Waals surface area contributed by atoms with E-state index in [0.717, 1.165) is 43.0 Å². The van der Waals surface area contributed by atoms with Crippen LogP contribution in [0.3, 0.4) is 0 Å². The molecule has 3 rings (SSSR count). The maximum atomic E-state index is 12.1. The lowest BCUT2D eigenvalue weighted by molar-refractivity contribution is 0.0197. The molecule has 0 N–H and O–H groups in total. The van der Waals surface area contributed by atoms with E-state index in [9.17, 15) is 4.79 Å². The van der Waals surface area contributed by atoms with E-state index < -0.39 is 5.60 Å². The topological polar surface area (TPSA) is 38.8 Å². The highest BCUT2D eigenvalue weighted by Gasteiger charge is 2.25. The van der Waals surface area contributed by atoms with Crippen LogP contribution >= 0.6 is 0 Å². The second-order valence-corrected chi connectivity index (χ2v) is 8.15. The molecule has 0 radical (unpaired) electrons. The Morgan fingerprint density at radius 1 is 0.964 bits per heavy atom. The molecule has 1 aliphatic heterocycles. The fraction of sp³-hybridized carbons (Fsp3) is 0.375. The molecule has 4 heteroatoms. The van der Waals surface area contributed by atoms with E-state index in [1.54, 1.807) is 0 Å². The van der Waals surface area contributed by atoms with Crippen LogP contribution < -0.4 is 4.74 Å². The first-order valence-corrected chi connectivity index (χ1v) is 9.88. The number of piperidine rings is 1. The molecule has 2 aromatic rings. The van der Waals surface area contributed by atoms with Gasteiger partial charge in [-0.2, -0.15) is 0 Å². The predicted molar refractivity (Wildman–Crippen MR) is 113 cm³/mol. The Kier molecular flexibility index (Phi) is 6.40. The zero-order valence-corrected chi connectivity index (χ0v) is 16.9. The molecular weight excluding hydrogens is 350 g/mol. The minimum atomic E-state index is -0.440. The van der Waals surface area contributed by atoms with Gasteiger partial charge in [0, 0.05) is 13.1 Å². The van der Waals surface area contributed by atoms with Gasteiger partial charge in [-0.05, 0) is 69.4 Å². The summed E-state index contributed by atoms with van der Waals surface area (Å²) >= 11 is 0. The third-order valence-corrected chi connectivity index (χ3v) is 4.61. The lowest BCUT2D eigenvalue weighted by atomic mass is 9.96. The molecule has 0 saturated carbocycles. The van der Waals surface area contributed by atoms with Crippen LogP contribution in [-0.2, 0) is 4.74 Å². The molecule has 0 aromatic heterocycles. The Bertz CT molecular complexity index is 783. The third-order valence-electron chi connectivity index (χ3n) is 4.61. The SMILES string of the molecule is CC(C)(C)OC(=O)N1CCC(C=Cc2ccc(Oc3ccccc3)cc2)CC1. The Morgan fingerprint density at radius 2 is 1.57 bits per heavy atom. The molecule has 0 unspecified atom stereocenters. The first kappa shape index (κ1) is 20.0. The highest BCUT2D eigenvalue weighted by atomic mass is 16.6. The number of allylic oxidation sites excluding steroid dienone is 1. The average molecular weight is 380 g/mol. The normalized spacial score (nSPS) is 15.6. The molecule has 2 aromatic carbocycles. The Balaban J connectivity index is 1.48.